The van der Waals surface area contributed by atoms with E-state index >= 15 is 0 Å². The first kappa shape index (κ1) is 32.9. The number of carbonyl (C=O) groups excluding carboxylic acids is 5. The van der Waals surface area contributed by atoms with E-state index in [-0.39, 0.29) is 45.0 Å². The number of amides is 1. The Labute approximate surface area is 262 Å². The third-order valence-electron chi connectivity index (χ3n) is 10.5. The molecule has 1 N–H and O–H groups in total. The van der Waals surface area contributed by atoms with E-state index in [0.717, 1.165) is 12.0 Å². The van der Waals surface area contributed by atoms with Crippen molar-refractivity contribution >= 4 is 29.8 Å². The van der Waals surface area contributed by atoms with E-state index in [0.29, 0.717) is 19.4 Å². The van der Waals surface area contributed by atoms with E-state index in [1.165, 1.54) is 31.4 Å². The topological polar surface area (TPSA) is 156 Å². The molecule has 12 heteroatoms. The lowest BCUT2D eigenvalue weighted by molar-refractivity contribution is -0.233. The van der Waals surface area contributed by atoms with Crippen LogP contribution in [0.4, 0.5) is 0 Å². The summed E-state index contributed by atoms with van der Waals surface area (Å²) in [7, 11) is 1.28. The fourth-order valence-electron chi connectivity index (χ4n) is 7.61. The van der Waals surface area contributed by atoms with Gasteiger partial charge in [0.05, 0.1) is 37.9 Å². The highest BCUT2D eigenvalue weighted by atomic mass is 16.6. The van der Waals surface area contributed by atoms with Crippen molar-refractivity contribution in [3.05, 3.63) is 36.0 Å². The molecule has 45 heavy (non-hydrogen) atoms. The first-order chi connectivity index (χ1) is 21.5. The molecule has 1 saturated carbocycles. The molecule has 246 valence electrons. The number of esters is 4. The van der Waals surface area contributed by atoms with E-state index in [2.05, 4.69) is 23.1 Å². The largest absolute Gasteiger partial charge is 0.469 e. The van der Waals surface area contributed by atoms with Crippen molar-refractivity contribution in [2.45, 2.75) is 95.7 Å². The van der Waals surface area contributed by atoms with Crippen molar-refractivity contribution in [3.8, 4) is 0 Å². The molecule has 3 heterocycles. The zero-order chi connectivity index (χ0) is 32.4. The van der Waals surface area contributed by atoms with E-state index in [4.69, 9.17) is 23.7 Å². The molecule has 5 aliphatic rings. The van der Waals surface area contributed by atoms with Gasteiger partial charge in [-0.1, -0.05) is 37.6 Å². The number of methoxy groups -OCH3 is 1. The molecule has 3 fully saturated rings. The predicted molar refractivity (Wildman–Crippen MR) is 157 cm³/mol. The Kier molecular flexibility index (Phi) is 9.55. The number of rotatable bonds is 5. The quantitative estimate of drug-likeness (QED) is 0.206. The van der Waals surface area contributed by atoms with E-state index in [1.54, 1.807) is 6.92 Å². The molecule has 8 atom stereocenters. The Morgan fingerprint density at radius 3 is 2.49 bits per heavy atom. The van der Waals surface area contributed by atoms with Crippen LogP contribution in [0.1, 0.15) is 65.7 Å². The van der Waals surface area contributed by atoms with Gasteiger partial charge in [-0.2, -0.15) is 0 Å². The summed E-state index contributed by atoms with van der Waals surface area (Å²) in [4.78, 5) is 63.5. The summed E-state index contributed by atoms with van der Waals surface area (Å²) in [5.74, 6) is -3.14. The maximum atomic E-state index is 13.9. The van der Waals surface area contributed by atoms with Crippen molar-refractivity contribution in [2.75, 3.05) is 26.9 Å². The molecule has 0 aromatic rings. The van der Waals surface area contributed by atoms with Gasteiger partial charge in [-0.3, -0.25) is 9.59 Å². The molecule has 2 spiro atoms. The smallest absolute Gasteiger partial charge is 0.331 e. The van der Waals surface area contributed by atoms with Crippen molar-refractivity contribution in [1.29, 1.82) is 0 Å². The van der Waals surface area contributed by atoms with Crippen LogP contribution >= 0.6 is 0 Å². The van der Waals surface area contributed by atoms with Crippen molar-refractivity contribution in [2.24, 2.45) is 16.7 Å². The molecule has 3 aliphatic heterocycles. The lowest BCUT2D eigenvalue weighted by Gasteiger charge is -2.58. The number of allylic oxidation sites excluding steroid dienone is 3. The average molecular weight is 630 g/mol. The van der Waals surface area contributed by atoms with Gasteiger partial charge in [-0.05, 0) is 38.5 Å². The molecular formula is C33H43NO11. The molecule has 1 unspecified atom stereocenters. The fourth-order valence-corrected chi connectivity index (χ4v) is 7.61. The van der Waals surface area contributed by atoms with E-state index < -0.39 is 70.4 Å². The third-order valence-corrected chi connectivity index (χ3v) is 10.5. The van der Waals surface area contributed by atoms with Crippen LogP contribution < -0.4 is 5.32 Å². The first-order valence-corrected chi connectivity index (χ1v) is 15.7. The lowest BCUT2D eigenvalue weighted by Crippen LogP contribution is -2.67. The molecular weight excluding hydrogens is 586 g/mol. The summed E-state index contributed by atoms with van der Waals surface area (Å²) in [5.41, 5.74) is -1.05. The maximum Gasteiger partial charge on any atom is 0.331 e. The predicted octanol–water partition coefficient (Wildman–Crippen LogP) is 2.64. The summed E-state index contributed by atoms with van der Waals surface area (Å²) in [6.45, 7) is 6.25. The Hall–Kier alpha value is -3.51. The van der Waals surface area contributed by atoms with Crippen LogP contribution in [-0.2, 0) is 52.4 Å². The zero-order valence-corrected chi connectivity index (χ0v) is 26.3. The van der Waals surface area contributed by atoms with Crippen LogP contribution in [0.5, 0.6) is 0 Å². The van der Waals surface area contributed by atoms with Gasteiger partial charge in [0.1, 0.15) is 24.4 Å². The molecule has 12 nitrogen and oxygen atoms in total. The molecule has 2 saturated heterocycles. The fraction of sp³-hybridized carbons (Fsp3) is 0.667. The Bertz CT molecular complexity index is 1300. The maximum absolute atomic E-state index is 13.9. The molecule has 2 aliphatic carbocycles. The van der Waals surface area contributed by atoms with Crippen LogP contribution in [0.2, 0.25) is 0 Å². The number of epoxide rings is 1. The molecule has 2 bridgehead atoms. The van der Waals surface area contributed by atoms with Crippen LogP contribution in [0.15, 0.2) is 36.0 Å². The van der Waals surface area contributed by atoms with Gasteiger partial charge in [0, 0.05) is 36.8 Å². The van der Waals surface area contributed by atoms with E-state index in [1.807, 2.05) is 6.92 Å². The molecule has 1 amide bonds. The SMILES string of the molecule is COC(=O)CCCC(=O)N[C@H]1C(=O)OC[C@]23CCC(C)=CC2O[C@@H]2C[C@@H](OC(=O)/C=C\C=C\C(=O)OCC[C@H]1C)[C@@]3(C)[C@]21CO1. The summed E-state index contributed by atoms with van der Waals surface area (Å²) in [6, 6.07) is -1.05. The van der Waals surface area contributed by atoms with Gasteiger partial charge < -0.3 is 33.7 Å². The minimum absolute atomic E-state index is 0.00911. The van der Waals surface area contributed by atoms with Crippen LogP contribution in [-0.4, -0.2) is 86.7 Å². The Morgan fingerprint density at radius 1 is 1.04 bits per heavy atom. The summed E-state index contributed by atoms with van der Waals surface area (Å²) in [5, 5.41) is 2.79. The van der Waals surface area contributed by atoms with Gasteiger partial charge >= 0.3 is 23.9 Å². The van der Waals surface area contributed by atoms with Crippen molar-refractivity contribution in [3.63, 3.8) is 0 Å². The minimum Gasteiger partial charge on any atom is -0.469 e. The highest BCUT2D eigenvalue weighted by Gasteiger charge is 2.83. The van der Waals surface area contributed by atoms with Gasteiger partial charge in [0.15, 0.2) is 0 Å². The molecule has 0 aromatic carbocycles. The second kappa shape index (κ2) is 13.1. The van der Waals surface area contributed by atoms with Gasteiger partial charge in [0.25, 0.3) is 0 Å². The second-order valence-electron chi connectivity index (χ2n) is 13.0. The number of ether oxygens (including phenoxy) is 6. The van der Waals surface area contributed by atoms with E-state index in [9.17, 15) is 24.0 Å². The summed E-state index contributed by atoms with van der Waals surface area (Å²) < 4.78 is 34.9. The Morgan fingerprint density at radius 2 is 1.78 bits per heavy atom. The second-order valence-corrected chi connectivity index (χ2v) is 13.0. The summed E-state index contributed by atoms with van der Waals surface area (Å²) >= 11 is 0. The van der Waals surface area contributed by atoms with Gasteiger partial charge in [-0.25, -0.2) is 14.4 Å². The first-order valence-electron chi connectivity index (χ1n) is 15.7. The molecule has 0 radical (unpaired) electrons. The normalized spacial score (nSPS) is 39.5. The monoisotopic (exact) mass is 629 g/mol. The average Bonchev–Trinajstić information content (AvgIpc) is 3.79. The minimum atomic E-state index is -1.05. The van der Waals surface area contributed by atoms with Crippen LogP contribution in [0, 0.1) is 16.7 Å². The summed E-state index contributed by atoms with van der Waals surface area (Å²) in [6.07, 6.45) is 8.44. The van der Waals surface area contributed by atoms with Crippen molar-refractivity contribution < 1.29 is 52.4 Å². The van der Waals surface area contributed by atoms with Gasteiger partial charge in [-0.15, -0.1) is 0 Å². The van der Waals surface area contributed by atoms with Crippen molar-refractivity contribution in [1.82, 2.24) is 5.32 Å². The standard InChI is InChI=1S/C33H43NO11/c1-20-12-14-32-18-42-30(39)29(34-25(35)8-7-11-26(36)40-4)21(2)13-15-41-27(37)9-5-6-10-28(38)45-22-17-24(44-23(32)16-20)33(19-43-33)31(22,32)3/h5-6,9-10,16,21-24,29H,7-8,11-15,17-19H2,1-4H3,(H,34,35)/b9-5+,10-6-/t21-,22-,23?,24-,29-,31-,32-,33+/m1/s1. The highest BCUT2D eigenvalue weighted by Crippen LogP contribution is 2.72. The van der Waals surface area contributed by atoms with Crippen LogP contribution in [0.3, 0.4) is 0 Å². The van der Waals surface area contributed by atoms with Gasteiger partial charge in [0.2, 0.25) is 5.91 Å². The highest BCUT2D eigenvalue weighted by molar-refractivity contribution is 5.85. The molecule has 0 aromatic heterocycles. The zero-order valence-electron chi connectivity index (χ0n) is 26.3. The number of nitrogens with one attached hydrogen (secondary N) is 1. The number of cyclic esters (lactones) is 2. The molecule has 5 rings (SSSR count). The lowest BCUT2D eigenvalue weighted by atomic mass is 9.51. The number of hydrogen-bond acceptors (Lipinski definition) is 11. The number of hydrogen-bond donors (Lipinski definition) is 1. The number of carbonyl (C=O) groups is 5. The third kappa shape index (κ3) is 6.18. The van der Waals surface area contributed by atoms with Crippen LogP contribution in [0.25, 0.3) is 0 Å². The Balaban J connectivity index is 1.45.